The predicted molar refractivity (Wildman–Crippen MR) is 136 cm³/mol. The Bertz CT molecular complexity index is 1130. The monoisotopic (exact) mass is 541 g/mol. The zero-order valence-electron chi connectivity index (χ0n) is 20.1. The van der Waals surface area contributed by atoms with Crippen LogP contribution in [0.3, 0.4) is 0 Å². The molecule has 0 aliphatic heterocycles. The molecule has 0 aliphatic carbocycles. The number of hydrogen-bond acceptors (Lipinski definition) is 7. The molecule has 0 bridgehead atoms. The summed E-state index contributed by atoms with van der Waals surface area (Å²) in [4.78, 5) is 34.3. The minimum absolute atomic E-state index is 0.0393. The van der Waals surface area contributed by atoms with Crippen molar-refractivity contribution < 1.29 is 23.8 Å². The number of halogens is 1. The molecule has 0 spiro atoms. The van der Waals surface area contributed by atoms with E-state index in [1.165, 1.54) is 17.3 Å². The lowest BCUT2D eigenvalue weighted by atomic mass is 10.1. The molecule has 0 saturated heterocycles. The lowest BCUT2D eigenvalue weighted by Crippen LogP contribution is -2.38. The summed E-state index contributed by atoms with van der Waals surface area (Å²) in [5.41, 5.74) is 0.991. The highest BCUT2D eigenvalue weighted by atomic mass is 79.9. The van der Waals surface area contributed by atoms with E-state index in [0.29, 0.717) is 17.9 Å². The topological polar surface area (TPSA) is 90.9 Å². The summed E-state index contributed by atoms with van der Waals surface area (Å²) in [7, 11) is 0. The Morgan fingerprint density at radius 2 is 1.69 bits per heavy atom. The zero-order valence-corrected chi connectivity index (χ0v) is 21.7. The molecule has 9 heteroatoms. The van der Waals surface area contributed by atoms with E-state index in [-0.39, 0.29) is 18.1 Å². The van der Waals surface area contributed by atoms with Gasteiger partial charge in [0.15, 0.2) is 11.5 Å². The molecule has 8 nitrogen and oxygen atoms in total. The lowest BCUT2D eigenvalue weighted by Gasteiger charge is -2.30. The molecule has 0 N–H and O–H groups in total. The second-order valence-electron chi connectivity index (χ2n) is 8.48. The first kappa shape index (κ1) is 26.2. The van der Waals surface area contributed by atoms with Gasteiger partial charge in [-0.1, -0.05) is 64.5 Å². The normalized spacial score (nSPS) is 11.9. The van der Waals surface area contributed by atoms with Crippen LogP contribution >= 0.6 is 15.9 Å². The first-order valence-electron chi connectivity index (χ1n) is 11.1. The summed E-state index contributed by atoms with van der Waals surface area (Å²) in [5.74, 6) is 0.181. The number of alkyl halides is 1. The van der Waals surface area contributed by atoms with Crippen LogP contribution in [0.4, 0.5) is 10.6 Å². The van der Waals surface area contributed by atoms with Crippen LogP contribution in [0.5, 0.6) is 5.75 Å². The summed E-state index contributed by atoms with van der Waals surface area (Å²) in [6, 6.07) is 17.2. The third-order valence-corrected chi connectivity index (χ3v) is 5.50. The standard InChI is InChI=1S/C26H28BrN3O5/c1-5-33-24(31)20-15-29-22(16-28-20)30(25(32)35-26(2,3)4)23(27)19-13-9-10-14-21(19)34-17-18-11-7-6-8-12-18/h6-16,23H,5,17H2,1-4H3. The molecule has 0 radical (unpaired) electrons. The van der Waals surface area contributed by atoms with Gasteiger partial charge in [0.2, 0.25) is 0 Å². The van der Waals surface area contributed by atoms with Crippen molar-refractivity contribution in [2.45, 2.75) is 44.9 Å². The van der Waals surface area contributed by atoms with Crippen molar-refractivity contribution in [3.05, 3.63) is 83.8 Å². The Labute approximate surface area is 213 Å². The molecule has 1 amide bonds. The van der Waals surface area contributed by atoms with E-state index >= 15 is 0 Å². The fourth-order valence-electron chi connectivity index (χ4n) is 3.05. The summed E-state index contributed by atoms with van der Waals surface area (Å²) < 4.78 is 16.7. The number of amides is 1. The van der Waals surface area contributed by atoms with Crippen LogP contribution in [0.25, 0.3) is 0 Å². The molecule has 2 aromatic carbocycles. The summed E-state index contributed by atoms with van der Waals surface area (Å²) >= 11 is 3.63. The number of rotatable bonds is 8. The maximum absolute atomic E-state index is 13.3. The smallest absolute Gasteiger partial charge is 0.417 e. The largest absolute Gasteiger partial charge is 0.489 e. The van der Waals surface area contributed by atoms with Gasteiger partial charge in [-0.05, 0) is 39.3 Å². The Balaban J connectivity index is 1.93. The molecule has 3 aromatic rings. The minimum Gasteiger partial charge on any atom is -0.489 e. The molecule has 3 rings (SSSR count). The fourth-order valence-corrected chi connectivity index (χ4v) is 3.81. The van der Waals surface area contributed by atoms with Crippen molar-refractivity contribution >= 4 is 33.8 Å². The van der Waals surface area contributed by atoms with Gasteiger partial charge in [-0.15, -0.1) is 0 Å². The first-order valence-corrected chi connectivity index (χ1v) is 12.0. The fraction of sp³-hybridized carbons (Fsp3) is 0.308. The van der Waals surface area contributed by atoms with Crippen molar-refractivity contribution in [1.82, 2.24) is 9.97 Å². The van der Waals surface area contributed by atoms with Crippen molar-refractivity contribution in [3.8, 4) is 5.75 Å². The Morgan fingerprint density at radius 1 is 1.00 bits per heavy atom. The van der Waals surface area contributed by atoms with Crippen LogP contribution in [-0.4, -0.2) is 34.2 Å². The van der Waals surface area contributed by atoms with Crippen LogP contribution in [-0.2, 0) is 16.1 Å². The molecule has 0 saturated carbocycles. The molecule has 0 fully saturated rings. The van der Waals surface area contributed by atoms with Crippen LogP contribution in [0.2, 0.25) is 0 Å². The highest BCUT2D eigenvalue weighted by Gasteiger charge is 2.32. The van der Waals surface area contributed by atoms with Crippen molar-refractivity contribution in [2.75, 3.05) is 11.5 Å². The van der Waals surface area contributed by atoms with Gasteiger partial charge >= 0.3 is 12.1 Å². The molecule has 0 aliphatic rings. The van der Waals surface area contributed by atoms with E-state index in [4.69, 9.17) is 14.2 Å². The van der Waals surface area contributed by atoms with E-state index in [0.717, 1.165) is 5.56 Å². The van der Waals surface area contributed by atoms with Gasteiger partial charge in [0.25, 0.3) is 0 Å². The number of esters is 1. The van der Waals surface area contributed by atoms with E-state index in [1.807, 2.05) is 54.6 Å². The highest BCUT2D eigenvalue weighted by Crippen LogP contribution is 2.37. The second-order valence-corrected chi connectivity index (χ2v) is 9.35. The first-order chi connectivity index (χ1) is 16.7. The summed E-state index contributed by atoms with van der Waals surface area (Å²) in [6.07, 6.45) is 1.95. The highest BCUT2D eigenvalue weighted by molar-refractivity contribution is 9.09. The molecule has 35 heavy (non-hydrogen) atoms. The Hall–Kier alpha value is -3.46. The predicted octanol–water partition coefficient (Wildman–Crippen LogP) is 6.07. The maximum Gasteiger partial charge on any atom is 0.417 e. The number of ether oxygens (including phenoxy) is 3. The molecular formula is C26H28BrN3O5. The minimum atomic E-state index is -0.746. The van der Waals surface area contributed by atoms with E-state index in [1.54, 1.807) is 27.7 Å². The van der Waals surface area contributed by atoms with E-state index < -0.39 is 22.6 Å². The van der Waals surface area contributed by atoms with Gasteiger partial charge < -0.3 is 14.2 Å². The molecule has 1 atom stereocenters. The number of nitrogens with zero attached hydrogens (tertiary/aromatic N) is 3. The third-order valence-electron chi connectivity index (χ3n) is 4.60. The molecule has 1 unspecified atom stereocenters. The van der Waals surface area contributed by atoms with E-state index in [9.17, 15) is 9.59 Å². The van der Waals surface area contributed by atoms with Gasteiger partial charge in [0.1, 0.15) is 22.9 Å². The SMILES string of the molecule is CCOC(=O)c1cnc(N(C(=O)OC(C)(C)C)C(Br)c2ccccc2OCc2ccccc2)cn1. The number of carbonyl (C=O) groups excluding carboxylic acids is 2. The van der Waals surface area contributed by atoms with Gasteiger partial charge in [-0.25, -0.2) is 24.5 Å². The summed E-state index contributed by atoms with van der Waals surface area (Å²) in [5, 5.41) is 0. The third kappa shape index (κ3) is 7.26. The van der Waals surface area contributed by atoms with Gasteiger partial charge in [0.05, 0.1) is 19.0 Å². The van der Waals surface area contributed by atoms with Crippen LogP contribution in [0.15, 0.2) is 67.0 Å². The van der Waals surface area contributed by atoms with Crippen LogP contribution < -0.4 is 9.64 Å². The average Bonchev–Trinajstić information content (AvgIpc) is 2.83. The number of hydrogen-bond donors (Lipinski definition) is 0. The molecule has 184 valence electrons. The number of carbonyl (C=O) groups is 2. The maximum atomic E-state index is 13.3. The lowest BCUT2D eigenvalue weighted by molar-refractivity contribution is 0.0518. The van der Waals surface area contributed by atoms with Crippen molar-refractivity contribution in [3.63, 3.8) is 0 Å². The number of aromatic nitrogens is 2. The number of benzene rings is 2. The summed E-state index contributed by atoms with van der Waals surface area (Å²) in [6.45, 7) is 7.61. The molecule has 1 aromatic heterocycles. The van der Waals surface area contributed by atoms with Crippen LogP contribution in [0, 0.1) is 0 Å². The quantitative estimate of drug-likeness (QED) is 0.194. The molecular weight excluding hydrogens is 514 g/mol. The van der Waals surface area contributed by atoms with Crippen molar-refractivity contribution in [2.24, 2.45) is 0 Å². The number of anilines is 1. The number of para-hydroxylation sites is 1. The van der Waals surface area contributed by atoms with E-state index in [2.05, 4.69) is 25.9 Å². The second kappa shape index (κ2) is 11.8. The van der Waals surface area contributed by atoms with Crippen LogP contribution in [0.1, 0.15) is 54.3 Å². The van der Waals surface area contributed by atoms with Gasteiger partial charge in [-0.3, -0.25) is 0 Å². The molecule has 1 heterocycles. The van der Waals surface area contributed by atoms with Gasteiger partial charge in [-0.2, -0.15) is 0 Å². The average molecular weight is 542 g/mol. The van der Waals surface area contributed by atoms with Crippen molar-refractivity contribution in [1.29, 1.82) is 0 Å². The zero-order chi connectivity index (χ0) is 25.4. The van der Waals surface area contributed by atoms with Gasteiger partial charge in [0, 0.05) is 5.56 Å². The Kier molecular flexibility index (Phi) is 8.81. The Morgan fingerprint density at radius 3 is 2.31 bits per heavy atom.